The zero-order valence-corrected chi connectivity index (χ0v) is 29.8. The van der Waals surface area contributed by atoms with Crippen molar-refractivity contribution < 1.29 is 19.7 Å². The number of hydrogen-bond donors (Lipinski definition) is 2. The molecule has 250 valence electrons. The predicted molar refractivity (Wildman–Crippen MR) is 190 cm³/mol. The Bertz CT molecular complexity index is 1540. The lowest BCUT2D eigenvalue weighted by atomic mass is 9.66. The van der Waals surface area contributed by atoms with Crippen molar-refractivity contribution in [3.8, 4) is 34.1 Å². The zero-order chi connectivity index (χ0) is 33.0. The van der Waals surface area contributed by atoms with Gasteiger partial charge in [-0.25, -0.2) is 0 Å². The van der Waals surface area contributed by atoms with Crippen molar-refractivity contribution in [1.29, 1.82) is 0 Å². The summed E-state index contributed by atoms with van der Waals surface area (Å²) in [5.41, 5.74) is 7.96. The first-order valence-corrected chi connectivity index (χ1v) is 18.4. The van der Waals surface area contributed by atoms with Gasteiger partial charge in [0.2, 0.25) is 0 Å². The summed E-state index contributed by atoms with van der Waals surface area (Å²) < 4.78 is 14.0. The Morgan fingerprint density at radius 1 is 0.696 bits per heavy atom. The van der Waals surface area contributed by atoms with E-state index < -0.39 is 5.60 Å². The van der Waals surface area contributed by atoms with Crippen molar-refractivity contribution in [2.24, 2.45) is 11.8 Å². The van der Waals surface area contributed by atoms with Crippen molar-refractivity contribution >= 4 is 0 Å². The molecule has 4 nitrogen and oxygen atoms in total. The number of rotatable bonds is 9. The van der Waals surface area contributed by atoms with Crippen molar-refractivity contribution in [2.75, 3.05) is 0 Å². The van der Waals surface area contributed by atoms with E-state index >= 15 is 0 Å². The number of phenolic OH excluding ortho intramolecular Hbond substituents is 2. The average Bonchev–Trinajstić information content (AvgIpc) is 2.97. The number of benzene rings is 2. The van der Waals surface area contributed by atoms with Crippen LogP contribution in [0.2, 0.25) is 0 Å². The van der Waals surface area contributed by atoms with Gasteiger partial charge in [0.1, 0.15) is 34.2 Å². The van der Waals surface area contributed by atoms with E-state index in [1.807, 2.05) is 6.07 Å². The number of phenols is 2. The summed E-state index contributed by atoms with van der Waals surface area (Å²) in [6.07, 6.45) is 17.2. The number of allylic oxidation sites excluding steroid dienone is 4. The summed E-state index contributed by atoms with van der Waals surface area (Å²) in [6.45, 7) is 17.8. The van der Waals surface area contributed by atoms with Gasteiger partial charge in [-0.15, -0.1) is 0 Å². The second-order valence-corrected chi connectivity index (χ2v) is 16.0. The molecule has 0 radical (unpaired) electrons. The zero-order valence-electron chi connectivity index (χ0n) is 29.8. The topological polar surface area (TPSA) is 58.9 Å². The number of fused-ring (bicyclic) bond motifs is 6. The summed E-state index contributed by atoms with van der Waals surface area (Å²) in [7, 11) is 0. The van der Waals surface area contributed by atoms with Crippen molar-refractivity contribution in [2.45, 2.75) is 155 Å². The lowest BCUT2D eigenvalue weighted by molar-refractivity contribution is 0.0101. The second-order valence-electron chi connectivity index (χ2n) is 16.0. The summed E-state index contributed by atoms with van der Waals surface area (Å²) in [6, 6.07) is 4.27. The van der Waals surface area contributed by atoms with Crippen LogP contribution in [0.1, 0.15) is 154 Å². The number of unbranched alkanes of at least 4 members (excludes halogenated alkanes) is 4. The van der Waals surface area contributed by atoms with E-state index in [1.54, 1.807) is 0 Å². The molecule has 46 heavy (non-hydrogen) atoms. The Morgan fingerprint density at radius 2 is 1.22 bits per heavy atom. The normalized spacial score (nSPS) is 25.6. The fraction of sp³-hybridized carbons (Fsp3) is 0.619. The van der Waals surface area contributed by atoms with Crippen LogP contribution in [0.15, 0.2) is 35.4 Å². The molecule has 4 aliphatic rings. The smallest absolute Gasteiger partial charge is 0.135 e. The summed E-state index contributed by atoms with van der Waals surface area (Å²) >= 11 is 0. The highest BCUT2D eigenvalue weighted by atomic mass is 16.5. The largest absolute Gasteiger partial charge is 0.507 e. The molecule has 0 unspecified atom stereocenters. The van der Waals surface area contributed by atoms with Gasteiger partial charge in [0.05, 0.1) is 0 Å². The molecule has 2 aliphatic heterocycles. The van der Waals surface area contributed by atoms with Crippen molar-refractivity contribution in [3.63, 3.8) is 0 Å². The molecular weight excluding hydrogens is 568 g/mol. The maximum Gasteiger partial charge on any atom is 0.135 e. The van der Waals surface area contributed by atoms with Gasteiger partial charge in [-0.1, -0.05) is 62.8 Å². The molecule has 4 atom stereocenters. The van der Waals surface area contributed by atoms with E-state index in [1.165, 1.54) is 11.1 Å². The lowest BCUT2D eigenvalue weighted by Gasteiger charge is -2.48. The number of ether oxygens (including phenoxy) is 2. The summed E-state index contributed by atoms with van der Waals surface area (Å²) in [4.78, 5) is 0. The Labute approximate surface area is 278 Å². The highest BCUT2D eigenvalue weighted by Gasteiger charge is 2.49. The van der Waals surface area contributed by atoms with Crippen LogP contribution in [0.3, 0.4) is 0 Å². The van der Waals surface area contributed by atoms with Crippen LogP contribution in [-0.4, -0.2) is 21.4 Å². The van der Waals surface area contributed by atoms with E-state index in [4.69, 9.17) is 9.47 Å². The average molecular weight is 627 g/mol. The SMILES string of the molecule is CCCCCc1cc2c(c(O)c1-c1c(CCCCC)cc(O)c3c1OC(C)(C)[C@@H]1CCC(C)=C[C@@H]31)[C@@H]1C=C(C)CC[C@H]1C(C)(C)O2. The van der Waals surface area contributed by atoms with Gasteiger partial charge in [0, 0.05) is 45.9 Å². The van der Waals surface area contributed by atoms with Crippen LogP contribution in [0.5, 0.6) is 23.0 Å². The third kappa shape index (κ3) is 5.77. The van der Waals surface area contributed by atoms with Gasteiger partial charge in [-0.05, 0) is 116 Å². The third-order valence-electron chi connectivity index (χ3n) is 11.8. The van der Waals surface area contributed by atoms with Crippen LogP contribution in [0.25, 0.3) is 11.1 Å². The number of aromatic hydroxyl groups is 2. The molecule has 0 aromatic heterocycles. The lowest BCUT2D eigenvalue weighted by Crippen LogP contribution is -2.45. The van der Waals surface area contributed by atoms with Gasteiger partial charge < -0.3 is 19.7 Å². The summed E-state index contributed by atoms with van der Waals surface area (Å²) in [5, 5.41) is 24.6. The quantitative estimate of drug-likeness (QED) is 0.215. The fourth-order valence-corrected chi connectivity index (χ4v) is 9.30. The van der Waals surface area contributed by atoms with E-state index in [0.29, 0.717) is 11.5 Å². The van der Waals surface area contributed by atoms with Gasteiger partial charge in [0.15, 0.2) is 0 Å². The van der Waals surface area contributed by atoms with Crippen LogP contribution in [-0.2, 0) is 12.8 Å². The Hall–Kier alpha value is -2.88. The van der Waals surface area contributed by atoms with E-state index in [0.717, 1.165) is 122 Å². The molecule has 2 aromatic carbocycles. The molecule has 0 saturated carbocycles. The molecule has 0 fully saturated rings. The monoisotopic (exact) mass is 626 g/mol. The van der Waals surface area contributed by atoms with Gasteiger partial charge in [-0.2, -0.15) is 0 Å². The van der Waals surface area contributed by atoms with E-state index in [2.05, 4.69) is 73.6 Å². The molecule has 0 spiro atoms. The first-order chi connectivity index (χ1) is 21.9. The Morgan fingerprint density at radius 3 is 1.78 bits per heavy atom. The van der Waals surface area contributed by atoms with Gasteiger partial charge in [0.25, 0.3) is 0 Å². The number of aryl methyl sites for hydroxylation is 2. The highest BCUT2D eigenvalue weighted by Crippen LogP contribution is 2.61. The minimum Gasteiger partial charge on any atom is -0.507 e. The van der Waals surface area contributed by atoms with E-state index in [-0.39, 0.29) is 29.3 Å². The molecule has 0 bridgehead atoms. The first kappa shape index (κ1) is 33.0. The van der Waals surface area contributed by atoms with Crippen LogP contribution in [0, 0.1) is 11.8 Å². The standard InChI is InChI=1S/C42H58O4/c1-9-11-13-15-27-23-33(43)37-29-21-25(3)17-19-31(29)42(7,8)46-40(37)36(27)35-28(16-14-12-10-2)24-34-38(39(35)44)30-22-26(4)18-20-32(30)41(5,6)45-34/h21-24,29-32,43-44H,9-20H2,1-8H3/t29-,30-,31-,32-/m1/s1. The molecule has 2 N–H and O–H groups in total. The molecule has 6 rings (SSSR count). The highest BCUT2D eigenvalue weighted by molar-refractivity contribution is 5.87. The molecule has 4 heteroatoms. The van der Waals surface area contributed by atoms with Crippen LogP contribution >= 0.6 is 0 Å². The molecular formula is C42H58O4. The van der Waals surface area contributed by atoms with Gasteiger partial charge in [-0.3, -0.25) is 0 Å². The fourth-order valence-electron chi connectivity index (χ4n) is 9.30. The summed E-state index contributed by atoms with van der Waals surface area (Å²) in [5.74, 6) is 3.04. The predicted octanol–water partition coefficient (Wildman–Crippen LogP) is 11.5. The van der Waals surface area contributed by atoms with Crippen LogP contribution in [0.4, 0.5) is 0 Å². The molecule has 2 heterocycles. The Kier molecular flexibility index (Phi) is 9.06. The first-order valence-electron chi connectivity index (χ1n) is 18.4. The maximum atomic E-state index is 12.8. The number of hydrogen-bond acceptors (Lipinski definition) is 4. The molecule has 0 amide bonds. The molecule has 0 saturated heterocycles. The Balaban J connectivity index is 1.66. The van der Waals surface area contributed by atoms with Crippen molar-refractivity contribution in [3.05, 3.63) is 57.7 Å². The van der Waals surface area contributed by atoms with E-state index in [9.17, 15) is 10.2 Å². The minimum absolute atomic E-state index is 0.0803. The second kappa shape index (κ2) is 12.6. The minimum atomic E-state index is -0.411. The molecule has 2 aliphatic carbocycles. The van der Waals surface area contributed by atoms with Crippen molar-refractivity contribution in [1.82, 2.24) is 0 Å². The van der Waals surface area contributed by atoms with Gasteiger partial charge >= 0.3 is 0 Å². The maximum absolute atomic E-state index is 12.8. The van der Waals surface area contributed by atoms with Crippen LogP contribution < -0.4 is 9.47 Å². The third-order valence-corrected chi connectivity index (χ3v) is 11.8. The molecule has 2 aromatic rings.